The molecule has 2 N–H and O–H groups in total. The first-order valence-corrected chi connectivity index (χ1v) is 8.47. The highest BCUT2D eigenvalue weighted by Gasteiger charge is 2.39. The summed E-state index contributed by atoms with van der Waals surface area (Å²) in [4.78, 5) is 24.8. The van der Waals surface area contributed by atoms with Gasteiger partial charge in [0.25, 0.3) is 0 Å². The number of nitrogens with one attached hydrogen (secondary N) is 1. The van der Waals surface area contributed by atoms with Gasteiger partial charge in [0.1, 0.15) is 0 Å². The summed E-state index contributed by atoms with van der Waals surface area (Å²) in [6.07, 6.45) is 3.60. The molecule has 1 heterocycles. The smallest absolute Gasteiger partial charge is 0.317 e. The number of aliphatic carboxylic acids is 1. The molecule has 1 aliphatic heterocycles. The van der Waals surface area contributed by atoms with Crippen molar-refractivity contribution in [1.82, 2.24) is 10.2 Å². The molecule has 0 saturated carbocycles. The Bertz CT molecular complexity index is 402. The standard InChI is InChI=1S/C13H24N2O4S/c1-10(20(3)19)5-7-14-12(18)15-8-4-6-13(2,9-15)11(16)17/h10H,4-9H2,1-3H3,(H,14,18)(H,16,17). The summed E-state index contributed by atoms with van der Waals surface area (Å²) in [6.45, 7) is 4.84. The third-order valence-electron chi connectivity index (χ3n) is 3.89. The van der Waals surface area contributed by atoms with E-state index in [1.807, 2.05) is 6.92 Å². The van der Waals surface area contributed by atoms with E-state index in [2.05, 4.69) is 5.32 Å². The minimum Gasteiger partial charge on any atom is -0.481 e. The molecule has 0 aromatic rings. The van der Waals surface area contributed by atoms with Crippen LogP contribution in [0.15, 0.2) is 0 Å². The maximum atomic E-state index is 12.0. The monoisotopic (exact) mass is 304 g/mol. The van der Waals surface area contributed by atoms with Gasteiger partial charge in [0.2, 0.25) is 0 Å². The number of nitrogens with zero attached hydrogens (tertiary/aromatic N) is 1. The van der Waals surface area contributed by atoms with Crippen LogP contribution < -0.4 is 5.32 Å². The lowest BCUT2D eigenvalue weighted by Crippen LogP contribution is -2.51. The van der Waals surface area contributed by atoms with E-state index in [4.69, 9.17) is 0 Å². The average molecular weight is 304 g/mol. The third-order valence-corrected chi connectivity index (χ3v) is 5.26. The van der Waals surface area contributed by atoms with Crippen molar-refractivity contribution in [1.29, 1.82) is 0 Å². The summed E-state index contributed by atoms with van der Waals surface area (Å²) in [7, 11) is -0.891. The zero-order valence-corrected chi connectivity index (χ0v) is 13.2. The molecule has 0 spiro atoms. The molecule has 0 aromatic carbocycles. The van der Waals surface area contributed by atoms with Gasteiger partial charge in [-0.05, 0) is 26.2 Å². The molecule has 1 rings (SSSR count). The molecular formula is C13H24N2O4S. The van der Waals surface area contributed by atoms with Crippen LogP contribution in [0.3, 0.4) is 0 Å². The Labute approximate surface area is 122 Å². The fraction of sp³-hybridized carbons (Fsp3) is 0.846. The largest absolute Gasteiger partial charge is 0.481 e. The highest BCUT2D eigenvalue weighted by Crippen LogP contribution is 2.29. The van der Waals surface area contributed by atoms with Gasteiger partial charge < -0.3 is 15.3 Å². The van der Waals surface area contributed by atoms with Crippen molar-refractivity contribution in [2.75, 3.05) is 25.9 Å². The number of carbonyl (C=O) groups is 2. The molecule has 0 aliphatic carbocycles. The Morgan fingerprint density at radius 2 is 2.15 bits per heavy atom. The molecule has 1 saturated heterocycles. The number of carboxylic acids is 1. The first kappa shape index (κ1) is 16.9. The van der Waals surface area contributed by atoms with Gasteiger partial charge in [-0.2, -0.15) is 0 Å². The van der Waals surface area contributed by atoms with Crippen LogP contribution in [0.25, 0.3) is 0 Å². The third kappa shape index (κ3) is 4.47. The van der Waals surface area contributed by atoms with Crippen molar-refractivity contribution in [2.24, 2.45) is 5.41 Å². The Morgan fingerprint density at radius 1 is 1.50 bits per heavy atom. The Balaban J connectivity index is 2.44. The summed E-state index contributed by atoms with van der Waals surface area (Å²) in [6, 6.07) is -0.230. The molecule has 3 unspecified atom stereocenters. The molecule has 2 amide bonds. The van der Waals surface area contributed by atoms with E-state index in [0.29, 0.717) is 32.4 Å². The molecule has 0 bridgehead atoms. The number of urea groups is 1. The lowest BCUT2D eigenvalue weighted by molar-refractivity contribution is -0.150. The zero-order chi connectivity index (χ0) is 15.3. The average Bonchev–Trinajstić information content (AvgIpc) is 2.38. The van der Waals surface area contributed by atoms with Crippen LogP contribution in [0.5, 0.6) is 0 Å². The van der Waals surface area contributed by atoms with E-state index < -0.39 is 22.2 Å². The predicted molar refractivity (Wildman–Crippen MR) is 78.1 cm³/mol. The maximum absolute atomic E-state index is 12.0. The molecule has 1 aliphatic rings. The van der Waals surface area contributed by atoms with Gasteiger partial charge in [0.15, 0.2) is 0 Å². The number of hydrogen-bond donors (Lipinski definition) is 2. The Kier molecular flexibility index (Phi) is 5.98. The normalized spacial score (nSPS) is 25.9. The first-order valence-electron chi connectivity index (χ1n) is 6.84. The van der Waals surface area contributed by atoms with Crippen LogP contribution in [-0.2, 0) is 15.6 Å². The van der Waals surface area contributed by atoms with E-state index in [1.54, 1.807) is 18.1 Å². The van der Waals surface area contributed by atoms with Crippen molar-refractivity contribution < 1.29 is 18.9 Å². The molecule has 0 aromatic heterocycles. The summed E-state index contributed by atoms with van der Waals surface area (Å²) >= 11 is 0. The summed E-state index contributed by atoms with van der Waals surface area (Å²) in [5.74, 6) is -0.856. The maximum Gasteiger partial charge on any atom is 0.317 e. The van der Waals surface area contributed by atoms with Gasteiger partial charge in [-0.25, -0.2) is 4.79 Å². The molecule has 1 fully saturated rings. The van der Waals surface area contributed by atoms with Crippen LogP contribution in [-0.4, -0.2) is 57.4 Å². The van der Waals surface area contributed by atoms with Crippen molar-refractivity contribution in [2.45, 2.75) is 38.4 Å². The van der Waals surface area contributed by atoms with Crippen LogP contribution in [0.2, 0.25) is 0 Å². The number of carbonyl (C=O) groups excluding carboxylic acids is 1. The minimum atomic E-state index is -0.891. The molecule has 6 nitrogen and oxygen atoms in total. The van der Waals surface area contributed by atoms with E-state index in [1.165, 1.54) is 0 Å². The number of hydrogen-bond acceptors (Lipinski definition) is 3. The molecule has 3 atom stereocenters. The van der Waals surface area contributed by atoms with Gasteiger partial charge in [0.05, 0.1) is 5.41 Å². The second-order valence-corrected chi connectivity index (χ2v) is 7.52. The van der Waals surface area contributed by atoms with Crippen molar-refractivity contribution in [3.8, 4) is 0 Å². The van der Waals surface area contributed by atoms with Gasteiger partial charge in [0, 0.05) is 41.9 Å². The Morgan fingerprint density at radius 3 is 2.70 bits per heavy atom. The Hall–Kier alpha value is -1.11. The van der Waals surface area contributed by atoms with Gasteiger partial charge in [-0.3, -0.25) is 9.00 Å². The second kappa shape index (κ2) is 7.06. The quantitative estimate of drug-likeness (QED) is 0.794. The fourth-order valence-electron chi connectivity index (χ4n) is 2.25. The van der Waals surface area contributed by atoms with E-state index in [9.17, 15) is 18.9 Å². The molecule has 7 heteroatoms. The summed E-state index contributed by atoms with van der Waals surface area (Å²) in [5, 5.41) is 12.0. The van der Waals surface area contributed by atoms with Crippen molar-refractivity contribution in [3.05, 3.63) is 0 Å². The van der Waals surface area contributed by atoms with E-state index in [0.717, 1.165) is 0 Å². The van der Waals surface area contributed by atoms with Crippen LogP contribution in [0.4, 0.5) is 4.79 Å². The highest BCUT2D eigenvalue weighted by molar-refractivity contribution is 7.84. The molecule has 116 valence electrons. The summed E-state index contributed by atoms with van der Waals surface area (Å²) < 4.78 is 11.2. The molecular weight excluding hydrogens is 280 g/mol. The molecule has 20 heavy (non-hydrogen) atoms. The minimum absolute atomic E-state index is 0.0425. The SMILES string of the molecule is CC(CCNC(=O)N1CCCC(C)(C(=O)O)C1)S(C)=O. The first-order chi connectivity index (χ1) is 9.26. The predicted octanol–water partition coefficient (Wildman–Crippen LogP) is 1.04. The zero-order valence-electron chi connectivity index (χ0n) is 12.3. The fourth-order valence-corrected chi connectivity index (χ4v) is 2.70. The van der Waals surface area contributed by atoms with E-state index >= 15 is 0 Å². The van der Waals surface area contributed by atoms with Crippen molar-refractivity contribution >= 4 is 22.8 Å². The number of amides is 2. The lowest BCUT2D eigenvalue weighted by Gasteiger charge is -2.37. The second-order valence-electron chi connectivity index (χ2n) is 5.72. The van der Waals surface area contributed by atoms with Gasteiger partial charge >= 0.3 is 12.0 Å². The lowest BCUT2D eigenvalue weighted by atomic mass is 9.82. The highest BCUT2D eigenvalue weighted by atomic mass is 32.2. The van der Waals surface area contributed by atoms with Crippen LogP contribution in [0, 0.1) is 5.41 Å². The van der Waals surface area contributed by atoms with E-state index in [-0.39, 0.29) is 17.8 Å². The van der Waals surface area contributed by atoms with Gasteiger partial charge in [-0.1, -0.05) is 6.92 Å². The number of carboxylic acid groups (broad SMARTS) is 1. The molecule has 0 radical (unpaired) electrons. The number of piperidine rings is 1. The van der Waals surface area contributed by atoms with Crippen LogP contribution >= 0.6 is 0 Å². The number of rotatable bonds is 5. The van der Waals surface area contributed by atoms with Crippen molar-refractivity contribution in [3.63, 3.8) is 0 Å². The topological polar surface area (TPSA) is 86.7 Å². The van der Waals surface area contributed by atoms with Crippen LogP contribution in [0.1, 0.15) is 33.1 Å². The van der Waals surface area contributed by atoms with Gasteiger partial charge in [-0.15, -0.1) is 0 Å². The number of likely N-dealkylation sites (tertiary alicyclic amines) is 1. The summed E-state index contributed by atoms with van der Waals surface area (Å²) in [5.41, 5.74) is -0.853.